The van der Waals surface area contributed by atoms with Gasteiger partial charge in [-0.2, -0.15) is 0 Å². The van der Waals surface area contributed by atoms with Gasteiger partial charge in [0.1, 0.15) is 12.1 Å². The quantitative estimate of drug-likeness (QED) is 0.783. The second kappa shape index (κ2) is 7.00. The molecule has 1 atom stereocenters. The van der Waals surface area contributed by atoms with Crippen LogP contribution < -0.4 is 10.6 Å². The van der Waals surface area contributed by atoms with E-state index in [1.54, 1.807) is 12.1 Å². The van der Waals surface area contributed by atoms with Gasteiger partial charge >= 0.3 is 6.03 Å². The summed E-state index contributed by atoms with van der Waals surface area (Å²) in [5.74, 6) is 0.582. The number of nitrogens with one attached hydrogen (secondary N) is 2. The van der Waals surface area contributed by atoms with Crippen LogP contribution in [0.2, 0.25) is 5.02 Å². The van der Waals surface area contributed by atoms with Crippen molar-refractivity contribution in [2.75, 3.05) is 18.4 Å². The fraction of sp³-hybridized carbons (Fsp3) is 0.375. The Morgan fingerprint density at radius 3 is 2.96 bits per heavy atom. The molecule has 1 aliphatic heterocycles. The summed E-state index contributed by atoms with van der Waals surface area (Å²) >= 11 is 5.99. The predicted molar refractivity (Wildman–Crippen MR) is 92.0 cm³/mol. The maximum atomic E-state index is 11.5. The molecule has 1 fully saturated rings. The second-order valence-electron chi connectivity index (χ2n) is 5.78. The highest BCUT2D eigenvalue weighted by molar-refractivity contribution is 6.31. The Hall–Kier alpha value is -2.41. The van der Waals surface area contributed by atoms with Gasteiger partial charge in [-0.1, -0.05) is 11.6 Å². The van der Waals surface area contributed by atoms with Crippen LogP contribution >= 0.6 is 11.6 Å². The lowest BCUT2D eigenvalue weighted by molar-refractivity contribution is -0.125. The molecule has 0 radical (unpaired) electrons. The zero-order valence-electron chi connectivity index (χ0n) is 13.3. The molecule has 3 rings (SSSR count). The van der Waals surface area contributed by atoms with Crippen LogP contribution in [0, 0.1) is 0 Å². The number of urea groups is 1. The number of hydrogen-bond donors (Lipinski definition) is 2. The molecule has 8 heteroatoms. The van der Waals surface area contributed by atoms with E-state index in [0.29, 0.717) is 11.6 Å². The highest BCUT2D eigenvalue weighted by Gasteiger charge is 2.27. The molecule has 2 aromatic rings. The molecule has 24 heavy (non-hydrogen) atoms. The summed E-state index contributed by atoms with van der Waals surface area (Å²) in [6, 6.07) is 5.32. The van der Waals surface area contributed by atoms with Crippen LogP contribution in [-0.4, -0.2) is 45.9 Å². The zero-order chi connectivity index (χ0) is 17.1. The Labute approximate surface area is 144 Å². The number of fused-ring (bicyclic) bond motifs is 1. The lowest BCUT2D eigenvalue weighted by atomic mass is 10.1. The molecule has 0 bridgehead atoms. The largest absolute Gasteiger partial charge is 0.367 e. The highest BCUT2D eigenvalue weighted by Crippen LogP contribution is 2.23. The van der Waals surface area contributed by atoms with Gasteiger partial charge in [0.05, 0.1) is 12.1 Å². The first-order chi connectivity index (χ1) is 11.5. The average Bonchev–Trinajstić information content (AvgIpc) is 2.86. The third-order valence-corrected chi connectivity index (χ3v) is 4.17. The monoisotopic (exact) mass is 347 g/mol. The van der Waals surface area contributed by atoms with E-state index in [9.17, 15) is 9.59 Å². The summed E-state index contributed by atoms with van der Waals surface area (Å²) in [6.45, 7) is 2.56. The minimum absolute atomic E-state index is 0.0993. The third kappa shape index (κ3) is 3.56. The van der Waals surface area contributed by atoms with Crippen molar-refractivity contribution in [2.24, 2.45) is 0 Å². The number of rotatable bonds is 6. The SMILES string of the molecule is C[C@H](CCCN1C(=O)CNC1=O)Nc1ncnc2cc(Cl)ccc12. The number of aromatic nitrogens is 2. The van der Waals surface area contributed by atoms with Crippen LogP contribution in [-0.2, 0) is 4.79 Å². The summed E-state index contributed by atoms with van der Waals surface area (Å²) in [5, 5.41) is 7.41. The maximum absolute atomic E-state index is 11.5. The van der Waals surface area contributed by atoms with Gasteiger partial charge in [0, 0.05) is 23.0 Å². The Morgan fingerprint density at radius 2 is 2.21 bits per heavy atom. The number of carbonyl (C=O) groups excluding carboxylic acids is 2. The summed E-state index contributed by atoms with van der Waals surface area (Å²) < 4.78 is 0. The number of halogens is 1. The fourth-order valence-electron chi connectivity index (χ4n) is 2.69. The number of amides is 3. The van der Waals surface area contributed by atoms with Crippen LogP contribution in [0.25, 0.3) is 10.9 Å². The molecule has 0 spiro atoms. The minimum Gasteiger partial charge on any atom is -0.367 e. The minimum atomic E-state index is -0.306. The van der Waals surface area contributed by atoms with Gasteiger partial charge in [0.15, 0.2) is 0 Å². The van der Waals surface area contributed by atoms with E-state index < -0.39 is 0 Å². The molecule has 0 aliphatic carbocycles. The van der Waals surface area contributed by atoms with E-state index >= 15 is 0 Å². The topological polar surface area (TPSA) is 87.2 Å². The maximum Gasteiger partial charge on any atom is 0.324 e. The van der Waals surface area contributed by atoms with Crippen LogP contribution in [0.4, 0.5) is 10.6 Å². The van der Waals surface area contributed by atoms with E-state index in [4.69, 9.17) is 11.6 Å². The lowest BCUT2D eigenvalue weighted by Crippen LogP contribution is -2.32. The molecular formula is C16H18ClN5O2. The predicted octanol–water partition coefficient (Wildman–Crippen LogP) is 2.42. The standard InChI is InChI=1S/C16H18ClN5O2/c1-10(3-2-6-22-14(23)8-18-16(22)24)21-15-12-5-4-11(17)7-13(12)19-9-20-15/h4-5,7,9-10H,2-3,6,8H2,1H3,(H,18,24)(H,19,20,21)/t10-/m1/s1. The average molecular weight is 348 g/mol. The van der Waals surface area contributed by atoms with E-state index in [2.05, 4.69) is 20.6 Å². The number of nitrogens with zero attached hydrogens (tertiary/aromatic N) is 3. The molecule has 7 nitrogen and oxygen atoms in total. The van der Waals surface area contributed by atoms with Crippen molar-refractivity contribution >= 4 is 40.3 Å². The molecule has 2 heterocycles. The summed E-state index contributed by atoms with van der Waals surface area (Å²) in [7, 11) is 0. The molecule has 2 N–H and O–H groups in total. The molecular weight excluding hydrogens is 330 g/mol. The molecule has 3 amide bonds. The first kappa shape index (κ1) is 16.4. The van der Waals surface area contributed by atoms with Crippen LogP contribution in [0.3, 0.4) is 0 Å². The number of hydrogen-bond acceptors (Lipinski definition) is 5. The Balaban J connectivity index is 1.58. The van der Waals surface area contributed by atoms with Gasteiger partial charge in [-0.15, -0.1) is 0 Å². The number of anilines is 1. The van der Waals surface area contributed by atoms with Gasteiger partial charge in [0.2, 0.25) is 5.91 Å². The second-order valence-corrected chi connectivity index (χ2v) is 6.21. The van der Waals surface area contributed by atoms with Gasteiger partial charge in [0.25, 0.3) is 0 Å². The smallest absolute Gasteiger partial charge is 0.324 e. The van der Waals surface area contributed by atoms with Crippen molar-refractivity contribution in [3.63, 3.8) is 0 Å². The Bertz CT molecular complexity index is 766. The summed E-state index contributed by atoms with van der Waals surface area (Å²) in [5.41, 5.74) is 0.784. The molecule has 1 aromatic carbocycles. The first-order valence-electron chi connectivity index (χ1n) is 7.79. The molecule has 1 saturated heterocycles. The molecule has 1 aliphatic rings. The van der Waals surface area contributed by atoms with Crippen LogP contribution in [0.5, 0.6) is 0 Å². The van der Waals surface area contributed by atoms with Gasteiger partial charge < -0.3 is 10.6 Å². The Kier molecular flexibility index (Phi) is 4.80. The molecule has 1 aromatic heterocycles. The van der Waals surface area contributed by atoms with Crippen molar-refractivity contribution in [3.8, 4) is 0 Å². The summed E-state index contributed by atoms with van der Waals surface area (Å²) in [6.07, 6.45) is 3.03. The van der Waals surface area contributed by atoms with Gasteiger partial charge in [-0.3, -0.25) is 9.69 Å². The highest BCUT2D eigenvalue weighted by atomic mass is 35.5. The summed E-state index contributed by atoms with van der Waals surface area (Å²) in [4.78, 5) is 32.8. The number of benzene rings is 1. The normalized spacial score (nSPS) is 15.7. The van der Waals surface area contributed by atoms with Crippen LogP contribution in [0.15, 0.2) is 24.5 Å². The van der Waals surface area contributed by atoms with E-state index in [0.717, 1.165) is 29.6 Å². The third-order valence-electron chi connectivity index (χ3n) is 3.94. The molecule has 0 unspecified atom stereocenters. The molecule has 0 saturated carbocycles. The molecule has 126 valence electrons. The number of imide groups is 1. The van der Waals surface area contributed by atoms with Crippen molar-refractivity contribution in [1.29, 1.82) is 0 Å². The fourth-order valence-corrected chi connectivity index (χ4v) is 2.85. The first-order valence-corrected chi connectivity index (χ1v) is 8.17. The van der Waals surface area contributed by atoms with Crippen molar-refractivity contribution in [3.05, 3.63) is 29.5 Å². The zero-order valence-corrected chi connectivity index (χ0v) is 14.0. The Morgan fingerprint density at radius 1 is 1.38 bits per heavy atom. The van der Waals surface area contributed by atoms with Crippen molar-refractivity contribution < 1.29 is 9.59 Å². The van der Waals surface area contributed by atoms with Crippen molar-refractivity contribution in [2.45, 2.75) is 25.8 Å². The van der Waals surface area contributed by atoms with Crippen LogP contribution in [0.1, 0.15) is 19.8 Å². The van der Waals surface area contributed by atoms with E-state index in [1.807, 2.05) is 13.0 Å². The number of carbonyl (C=O) groups is 2. The lowest BCUT2D eigenvalue weighted by Gasteiger charge is -2.17. The van der Waals surface area contributed by atoms with E-state index in [1.165, 1.54) is 11.2 Å². The van der Waals surface area contributed by atoms with Crippen molar-refractivity contribution in [1.82, 2.24) is 20.2 Å². The van der Waals surface area contributed by atoms with Gasteiger partial charge in [-0.05, 0) is 38.0 Å². The van der Waals surface area contributed by atoms with Gasteiger partial charge in [-0.25, -0.2) is 14.8 Å². The van der Waals surface area contributed by atoms with E-state index in [-0.39, 0.29) is 24.5 Å².